The van der Waals surface area contributed by atoms with E-state index in [1.165, 1.54) is 0 Å². The summed E-state index contributed by atoms with van der Waals surface area (Å²) < 4.78 is 10.6. The molecule has 1 amide bonds. The molecule has 20 heavy (non-hydrogen) atoms. The number of hydrogen-bond donors (Lipinski definition) is 1. The summed E-state index contributed by atoms with van der Waals surface area (Å²) in [5.74, 6) is -0.0155. The number of nitrogens with two attached hydrogens (primary N) is 1. The van der Waals surface area contributed by atoms with Crippen LogP contribution in [0.25, 0.3) is 0 Å². The highest BCUT2D eigenvalue weighted by atomic mass is 16.5. The number of hydrogen-bond acceptors (Lipinski definition) is 4. The Labute approximate surface area is 119 Å². The summed E-state index contributed by atoms with van der Waals surface area (Å²) in [5, 5.41) is 0. The van der Waals surface area contributed by atoms with Crippen LogP contribution in [-0.2, 0) is 20.7 Å². The molecule has 0 radical (unpaired) electrons. The summed E-state index contributed by atoms with van der Waals surface area (Å²) in [6, 6.07) is 9.33. The molecule has 0 spiro atoms. The van der Waals surface area contributed by atoms with Gasteiger partial charge < -0.3 is 20.1 Å². The second-order valence-corrected chi connectivity index (χ2v) is 5.03. The Kier molecular flexibility index (Phi) is 5.52. The Morgan fingerprint density at radius 2 is 2.25 bits per heavy atom. The number of morpholine rings is 1. The molecule has 1 fully saturated rings. The minimum atomic E-state index is -0.501. The predicted molar refractivity (Wildman–Crippen MR) is 76.3 cm³/mol. The molecule has 2 atom stereocenters. The van der Waals surface area contributed by atoms with Gasteiger partial charge in [-0.3, -0.25) is 4.79 Å². The van der Waals surface area contributed by atoms with Gasteiger partial charge in [-0.25, -0.2) is 0 Å². The number of methoxy groups -OCH3 is 1. The van der Waals surface area contributed by atoms with Crippen molar-refractivity contribution in [1.29, 1.82) is 0 Å². The van der Waals surface area contributed by atoms with E-state index in [-0.39, 0.29) is 12.0 Å². The van der Waals surface area contributed by atoms with Crippen molar-refractivity contribution < 1.29 is 14.3 Å². The van der Waals surface area contributed by atoms with Gasteiger partial charge in [0.25, 0.3) is 0 Å². The van der Waals surface area contributed by atoms with Crippen molar-refractivity contribution in [3.8, 4) is 0 Å². The van der Waals surface area contributed by atoms with Gasteiger partial charge in [0.15, 0.2) is 0 Å². The minimum Gasteiger partial charge on any atom is -0.382 e. The van der Waals surface area contributed by atoms with Crippen molar-refractivity contribution in [2.75, 3.05) is 33.4 Å². The van der Waals surface area contributed by atoms with E-state index in [0.717, 1.165) is 5.56 Å². The summed E-state index contributed by atoms with van der Waals surface area (Å²) in [6.45, 7) is 2.19. The summed E-state index contributed by atoms with van der Waals surface area (Å²) in [5.41, 5.74) is 7.11. The highest BCUT2D eigenvalue weighted by Gasteiger charge is 2.27. The van der Waals surface area contributed by atoms with Gasteiger partial charge in [-0.05, 0) is 12.0 Å². The topological polar surface area (TPSA) is 64.8 Å². The summed E-state index contributed by atoms with van der Waals surface area (Å²) in [6.07, 6.45) is 0.507. The Hall–Kier alpha value is -1.43. The average molecular weight is 278 g/mol. The second kappa shape index (κ2) is 7.38. The van der Waals surface area contributed by atoms with Crippen LogP contribution in [0.5, 0.6) is 0 Å². The van der Waals surface area contributed by atoms with Crippen LogP contribution in [-0.4, -0.2) is 56.4 Å². The minimum absolute atomic E-state index is 0.0155. The molecule has 5 nitrogen and oxygen atoms in total. The molecule has 1 aliphatic rings. The molecule has 1 saturated heterocycles. The summed E-state index contributed by atoms with van der Waals surface area (Å²) in [4.78, 5) is 14.1. The zero-order valence-electron chi connectivity index (χ0n) is 11.8. The van der Waals surface area contributed by atoms with E-state index in [1.807, 2.05) is 30.3 Å². The molecule has 1 aliphatic heterocycles. The van der Waals surface area contributed by atoms with Gasteiger partial charge in [0, 0.05) is 20.2 Å². The fourth-order valence-electron chi connectivity index (χ4n) is 2.40. The van der Waals surface area contributed by atoms with Crippen LogP contribution < -0.4 is 5.73 Å². The number of ether oxygens (including phenoxy) is 2. The molecule has 2 rings (SSSR count). The first kappa shape index (κ1) is 15.0. The van der Waals surface area contributed by atoms with Crippen molar-refractivity contribution in [3.63, 3.8) is 0 Å². The van der Waals surface area contributed by atoms with Crippen molar-refractivity contribution in [2.24, 2.45) is 5.73 Å². The third-order valence-electron chi connectivity index (χ3n) is 3.42. The van der Waals surface area contributed by atoms with E-state index in [2.05, 4.69) is 0 Å². The maximum atomic E-state index is 12.4. The van der Waals surface area contributed by atoms with E-state index in [1.54, 1.807) is 12.0 Å². The Bertz CT molecular complexity index is 422. The Balaban J connectivity index is 1.89. The normalized spacial score (nSPS) is 20.7. The molecule has 0 aliphatic carbocycles. The number of amides is 1. The molecule has 1 aromatic rings. The van der Waals surface area contributed by atoms with E-state index >= 15 is 0 Å². The van der Waals surface area contributed by atoms with Crippen molar-refractivity contribution in [1.82, 2.24) is 4.90 Å². The van der Waals surface area contributed by atoms with E-state index in [9.17, 15) is 4.79 Å². The quantitative estimate of drug-likeness (QED) is 0.848. The Morgan fingerprint density at radius 1 is 1.50 bits per heavy atom. The van der Waals surface area contributed by atoms with Crippen LogP contribution in [0.4, 0.5) is 0 Å². The van der Waals surface area contributed by atoms with Crippen molar-refractivity contribution >= 4 is 5.91 Å². The lowest BCUT2D eigenvalue weighted by atomic mass is 10.1. The van der Waals surface area contributed by atoms with Crippen LogP contribution in [0.2, 0.25) is 0 Å². The number of carbonyl (C=O) groups is 1. The zero-order chi connectivity index (χ0) is 14.4. The molecular formula is C15H22N2O3. The highest BCUT2D eigenvalue weighted by molar-refractivity contribution is 5.82. The molecule has 0 saturated carbocycles. The smallest absolute Gasteiger partial charge is 0.239 e. The largest absolute Gasteiger partial charge is 0.382 e. The maximum absolute atomic E-state index is 12.4. The van der Waals surface area contributed by atoms with E-state index in [4.69, 9.17) is 15.2 Å². The molecular weight excluding hydrogens is 256 g/mol. The van der Waals surface area contributed by atoms with Crippen molar-refractivity contribution in [2.45, 2.75) is 18.6 Å². The van der Waals surface area contributed by atoms with Gasteiger partial charge in [-0.2, -0.15) is 0 Å². The van der Waals surface area contributed by atoms with Gasteiger partial charge >= 0.3 is 0 Å². The Morgan fingerprint density at radius 3 is 2.95 bits per heavy atom. The first-order valence-electron chi connectivity index (χ1n) is 6.89. The van der Waals surface area contributed by atoms with Gasteiger partial charge in [-0.1, -0.05) is 30.3 Å². The first-order chi connectivity index (χ1) is 9.70. The number of nitrogens with zero attached hydrogens (tertiary/aromatic N) is 1. The highest BCUT2D eigenvalue weighted by Crippen LogP contribution is 2.09. The lowest BCUT2D eigenvalue weighted by molar-refractivity contribution is -0.142. The van der Waals surface area contributed by atoms with Gasteiger partial charge in [0.2, 0.25) is 5.91 Å². The van der Waals surface area contributed by atoms with Gasteiger partial charge in [-0.15, -0.1) is 0 Å². The van der Waals surface area contributed by atoms with Crippen LogP contribution in [0.1, 0.15) is 5.56 Å². The zero-order valence-corrected chi connectivity index (χ0v) is 11.8. The second-order valence-electron chi connectivity index (χ2n) is 5.03. The van der Waals surface area contributed by atoms with Crippen LogP contribution in [0, 0.1) is 0 Å². The fourth-order valence-corrected chi connectivity index (χ4v) is 2.40. The van der Waals surface area contributed by atoms with Gasteiger partial charge in [0.05, 0.1) is 25.4 Å². The third-order valence-corrected chi connectivity index (χ3v) is 3.42. The monoisotopic (exact) mass is 278 g/mol. The molecule has 1 heterocycles. The SMILES string of the molecule is COC[C@H]1CN(C(=O)[C@H](N)Cc2ccccc2)CCO1. The fraction of sp³-hybridized carbons (Fsp3) is 0.533. The first-order valence-corrected chi connectivity index (χ1v) is 6.89. The lowest BCUT2D eigenvalue weighted by Crippen LogP contribution is -2.52. The van der Waals surface area contributed by atoms with Crippen LogP contribution in [0.15, 0.2) is 30.3 Å². The van der Waals surface area contributed by atoms with Crippen LogP contribution >= 0.6 is 0 Å². The third kappa shape index (κ3) is 4.03. The molecule has 110 valence electrons. The molecule has 5 heteroatoms. The maximum Gasteiger partial charge on any atom is 0.239 e. The molecule has 2 N–H and O–H groups in total. The molecule has 0 bridgehead atoms. The standard InChI is InChI=1S/C15H22N2O3/c1-19-11-13-10-17(7-8-20-13)15(18)14(16)9-12-5-3-2-4-6-12/h2-6,13-14H,7-11,16H2,1H3/t13-,14-/m1/s1. The van der Waals surface area contributed by atoms with Crippen LogP contribution in [0.3, 0.4) is 0 Å². The van der Waals surface area contributed by atoms with E-state index in [0.29, 0.717) is 32.7 Å². The predicted octanol–water partition coefficient (Wildman–Crippen LogP) is 0.430. The summed E-state index contributed by atoms with van der Waals surface area (Å²) in [7, 11) is 1.63. The van der Waals surface area contributed by atoms with E-state index < -0.39 is 6.04 Å². The molecule has 1 aromatic carbocycles. The lowest BCUT2D eigenvalue weighted by Gasteiger charge is -2.34. The van der Waals surface area contributed by atoms with Gasteiger partial charge in [0.1, 0.15) is 0 Å². The summed E-state index contributed by atoms with van der Waals surface area (Å²) >= 11 is 0. The average Bonchev–Trinajstić information content (AvgIpc) is 2.48. The molecule has 0 unspecified atom stereocenters. The van der Waals surface area contributed by atoms with Crippen molar-refractivity contribution in [3.05, 3.63) is 35.9 Å². The number of carbonyl (C=O) groups excluding carboxylic acids is 1. The number of benzene rings is 1. The molecule has 0 aromatic heterocycles. The number of rotatable bonds is 5.